The van der Waals surface area contributed by atoms with Crippen molar-refractivity contribution in [3.05, 3.63) is 241 Å². The molecule has 0 bridgehead atoms. The number of aromatic carboxylic acids is 2. The number of alkyl halides is 1. The van der Waals surface area contributed by atoms with Gasteiger partial charge in [0.25, 0.3) is 0 Å². The maximum absolute atomic E-state index is 11.0. The Bertz CT molecular complexity index is 2970. The van der Waals surface area contributed by atoms with Gasteiger partial charge in [0, 0.05) is 102 Å². The highest BCUT2D eigenvalue weighted by atomic mass is 79.9. The Morgan fingerprint density at radius 1 is 0.444 bits per heavy atom. The average molecular weight is 1150 g/mol. The average Bonchev–Trinajstić information content (AvgIpc) is 3.42. The van der Waals surface area contributed by atoms with E-state index < -0.39 is 11.9 Å². The van der Waals surface area contributed by atoms with Gasteiger partial charge in [-0.05, 0) is 94.9 Å². The Labute approximate surface area is 447 Å². The molecule has 0 aliphatic heterocycles. The number of halogens is 3. The van der Waals surface area contributed by atoms with E-state index in [4.69, 9.17) is 24.8 Å². The molecule has 364 valence electrons. The lowest BCUT2D eigenvalue weighted by molar-refractivity contribution is -0.696. The maximum Gasteiger partial charge on any atom is 0.373 e. The monoisotopic (exact) mass is 1150 g/mol. The summed E-state index contributed by atoms with van der Waals surface area (Å²) in [5, 5.41) is 18.5. The topological polar surface area (TPSA) is 168 Å². The van der Waals surface area contributed by atoms with Gasteiger partial charge < -0.3 is 44.2 Å². The summed E-state index contributed by atoms with van der Waals surface area (Å²) in [7, 11) is 0. The highest BCUT2D eigenvalue weighted by molar-refractivity contribution is 9.09. The van der Waals surface area contributed by atoms with Crippen LogP contribution in [0.25, 0.3) is 44.8 Å². The number of carboxylic acids is 2. The fourth-order valence-electron chi connectivity index (χ4n) is 7.01. The Morgan fingerprint density at radius 3 is 1.19 bits per heavy atom. The summed E-state index contributed by atoms with van der Waals surface area (Å²) in [6.07, 6.45) is 22.3. The van der Waals surface area contributed by atoms with Gasteiger partial charge >= 0.3 is 18.1 Å². The predicted octanol–water partition coefficient (Wildman–Crippen LogP) is 4.13. The fraction of sp³-hybridized carbons (Fsp3) is 0.105. The molecule has 15 heteroatoms. The number of pyridine rings is 6. The first-order valence-electron chi connectivity index (χ1n) is 22.2. The van der Waals surface area contributed by atoms with Gasteiger partial charge in [0.05, 0.1) is 22.5 Å². The van der Waals surface area contributed by atoms with E-state index >= 15 is 0 Å². The van der Waals surface area contributed by atoms with Crippen LogP contribution >= 0.6 is 15.9 Å². The number of carboxylic acid groups (broad SMARTS) is 2. The van der Waals surface area contributed by atoms with Crippen LogP contribution < -0.4 is 43.1 Å². The summed E-state index contributed by atoms with van der Waals surface area (Å²) >= 11 is 3.32. The number of nitrogens with zero attached hydrogens (tertiary/aromatic N) is 6. The summed E-state index contributed by atoms with van der Waals surface area (Å²) < 4.78 is 4.34. The minimum Gasteiger partial charge on any atom is -1.00 e. The van der Waals surface area contributed by atoms with Crippen LogP contribution in [0, 0.1) is 0 Å². The number of aryl methyl sites for hydroxylation is 5. The highest BCUT2D eigenvalue weighted by Gasteiger charge is 2.09. The van der Waals surface area contributed by atoms with E-state index in [1.807, 2.05) is 73.1 Å². The largest absolute Gasteiger partial charge is 1.00 e. The summed E-state index contributed by atoms with van der Waals surface area (Å²) in [5.74, 6) is -1.77. The van der Waals surface area contributed by atoms with E-state index in [0.29, 0.717) is 11.1 Å². The zero-order valence-electron chi connectivity index (χ0n) is 38.8. The quantitative estimate of drug-likeness (QED) is 0.120. The number of benzene rings is 3. The van der Waals surface area contributed by atoms with Gasteiger partial charge in [-0.25, -0.2) is 18.7 Å². The van der Waals surface area contributed by atoms with E-state index in [1.54, 1.807) is 49.1 Å². The van der Waals surface area contributed by atoms with Crippen LogP contribution in [-0.4, -0.2) is 53.6 Å². The molecule has 0 amide bonds. The second-order valence-corrected chi connectivity index (χ2v) is 16.3. The SMILES string of the molecule is O=C(O)c1ccc(CCBr)cc1.O=C(O)c1ccc(CC[n+]2ccc(-c3ccc(-c4cc[n+](CCc5ccccc5)cc4)cn3)cc2)cc1.O=C=O.[Br-].[Br-].c1cc(-c2ccc(-c3ccncc3)nc2)ccn1. The smallest absolute Gasteiger partial charge is 0.373 e. The lowest BCUT2D eigenvalue weighted by atomic mass is 10.1. The van der Waals surface area contributed by atoms with E-state index in [9.17, 15) is 9.59 Å². The summed E-state index contributed by atoms with van der Waals surface area (Å²) in [6, 6.07) is 49.1. The Hall–Kier alpha value is -7.68. The van der Waals surface area contributed by atoms with Crippen molar-refractivity contribution in [3.63, 3.8) is 0 Å². The van der Waals surface area contributed by atoms with Gasteiger partial charge in [0.1, 0.15) is 0 Å². The van der Waals surface area contributed by atoms with Crippen molar-refractivity contribution in [1.82, 2.24) is 19.9 Å². The Morgan fingerprint density at radius 2 is 0.806 bits per heavy atom. The molecule has 12 nitrogen and oxygen atoms in total. The minimum absolute atomic E-state index is 0. The number of hydrogen-bond donors (Lipinski definition) is 2. The molecular weight excluding hydrogens is 1100 g/mol. The first kappa shape index (κ1) is 56.9. The first-order valence-corrected chi connectivity index (χ1v) is 23.3. The zero-order chi connectivity index (χ0) is 49.3. The molecule has 72 heavy (non-hydrogen) atoms. The van der Waals surface area contributed by atoms with Crippen LogP contribution in [0.3, 0.4) is 0 Å². The molecule has 0 fully saturated rings. The summed E-state index contributed by atoms with van der Waals surface area (Å²) in [4.78, 5) is 54.9. The highest BCUT2D eigenvalue weighted by Crippen LogP contribution is 2.23. The van der Waals surface area contributed by atoms with Gasteiger partial charge in [-0.15, -0.1) is 0 Å². The Balaban J connectivity index is 0.000000266. The van der Waals surface area contributed by atoms with Crippen LogP contribution in [0.5, 0.6) is 0 Å². The van der Waals surface area contributed by atoms with Crippen molar-refractivity contribution in [2.24, 2.45) is 0 Å². The molecule has 0 atom stereocenters. The molecule has 0 saturated carbocycles. The molecule has 2 N–H and O–H groups in total. The lowest BCUT2D eigenvalue weighted by Gasteiger charge is -2.05. The first-order chi connectivity index (χ1) is 34.2. The predicted molar refractivity (Wildman–Crippen MR) is 269 cm³/mol. The maximum atomic E-state index is 11.0. The second kappa shape index (κ2) is 30.8. The number of hydrogen-bond acceptors (Lipinski definition) is 8. The molecule has 0 saturated heterocycles. The van der Waals surface area contributed by atoms with Crippen LogP contribution in [0.1, 0.15) is 37.4 Å². The van der Waals surface area contributed by atoms with Crippen LogP contribution in [-0.2, 0) is 41.9 Å². The molecule has 6 aromatic heterocycles. The fourth-order valence-corrected chi connectivity index (χ4v) is 7.47. The molecule has 6 heterocycles. The van der Waals surface area contributed by atoms with Gasteiger partial charge in [0.2, 0.25) is 0 Å². The standard InChI is InChI=1S/C32H28N3O2.C15H11N3.C9H9BrO2.CO2.2BrH/c36-32(37)29-8-6-26(7-9-29)13-19-35-22-16-28(17-23-35)31-11-10-30(24-33-31)27-14-20-34(21-15-27)18-12-25-4-2-1-3-5-25;1-2-15(13-5-9-17-10-6-13)18-11-14(1)12-3-7-16-8-4-12;10-6-5-7-1-3-8(4-2-7)9(11)12;2-1-3;;/h1-11,14-17,20-24H,12-13,18-19H2;1-11H;1-4H,5-6H2,(H,11,12);;2*1H/q+1;;;;;/p-1. The normalized spacial score (nSPS) is 9.85. The van der Waals surface area contributed by atoms with Gasteiger partial charge in [-0.2, -0.15) is 9.59 Å². The van der Waals surface area contributed by atoms with Gasteiger partial charge in [-0.1, -0.05) is 82.7 Å². The van der Waals surface area contributed by atoms with E-state index in [2.05, 4.69) is 132 Å². The molecule has 0 spiro atoms. The molecule has 9 aromatic rings. The Kier molecular flexibility index (Phi) is 24.4. The molecular formula is C57H49Br3N6O6. The second-order valence-electron chi connectivity index (χ2n) is 15.5. The van der Waals surface area contributed by atoms with Crippen molar-refractivity contribution >= 4 is 34.0 Å². The van der Waals surface area contributed by atoms with Gasteiger partial charge in [-0.3, -0.25) is 19.9 Å². The van der Waals surface area contributed by atoms with Crippen molar-refractivity contribution in [2.45, 2.75) is 32.4 Å². The lowest BCUT2D eigenvalue weighted by Crippen LogP contribution is -3.00. The third kappa shape index (κ3) is 18.2. The van der Waals surface area contributed by atoms with Crippen LogP contribution in [0.15, 0.2) is 214 Å². The molecule has 3 aromatic carbocycles. The minimum atomic E-state index is -0.899. The molecule has 0 radical (unpaired) electrons. The molecule has 0 aliphatic carbocycles. The van der Waals surface area contributed by atoms with Crippen LogP contribution in [0.2, 0.25) is 0 Å². The van der Waals surface area contributed by atoms with Crippen molar-refractivity contribution in [1.29, 1.82) is 0 Å². The number of carbonyl (C=O) groups excluding carboxylic acids is 2. The summed E-state index contributed by atoms with van der Waals surface area (Å²) in [6.45, 7) is 1.77. The van der Waals surface area contributed by atoms with Crippen molar-refractivity contribution < 1.29 is 72.5 Å². The molecule has 9 rings (SSSR count). The van der Waals surface area contributed by atoms with E-state index in [1.165, 1.54) is 5.56 Å². The zero-order valence-corrected chi connectivity index (χ0v) is 43.6. The molecule has 0 aliphatic rings. The van der Waals surface area contributed by atoms with E-state index in [0.717, 1.165) is 93.6 Å². The number of carbonyl (C=O) groups is 2. The van der Waals surface area contributed by atoms with E-state index in [-0.39, 0.29) is 40.1 Å². The van der Waals surface area contributed by atoms with Crippen LogP contribution in [0.4, 0.5) is 0 Å². The third-order valence-electron chi connectivity index (χ3n) is 10.9. The van der Waals surface area contributed by atoms with Crippen molar-refractivity contribution in [2.75, 3.05) is 5.33 Å². The van der Waals surface area contributed by atoms with Gasteiger partial charge in [0.15, 0.2) is 37.9 Å². The van der Waals surface area contributed by atoms with Crippen molar-refractivity contribution in [3.8, 4) is 44.8 Å². The molecule has 0 unspecified atom stereocenters. The number of rotatable bonds is 14. The third-order valence-corrected chi connectivity index (χ3v) is 11.3. The number of aromatic nitrogens is 6. The summed E-state index contributed by atoms with van der Waals surface area (Å²) in [5.41, 5.74) is 12.8.